The highest BCUT2D eigenvalue weighted by atomic mass is 35.5. The molecule has 1 rings (SSSR count). The zero-order chi connectivity index (χ0) is 10.6. The molecule has 0 aliphatic carbocycles. The van der Waals surface area contributed by atoms with Crippen molar-refractivity contribution in [1.82, 2.24) is 0 Å². The molecule has 0 fully saturated rings. The van der Waals surface area contributed by atoms with Gasteiger partial charge < -0.3 is 10.5 Å². The largest absolute Gasteiger partial charge is 0.491 e. The first kappa shape index (κ1) is 11.3. The lowest BCUT2D eigenvalue weighted by Gasteiger charge is -2.13. The SMILES string of the molecule is C[C@H](N)c1cc(Cl)ccc1OCCF. The van der Waals surface area contributed by atoms with E-state index in [1.165, 1.54) is 0 Å². The monoisotopic (exact) mass is 217 g/mol. The molecule has 2 nitrogen and oxygen atoms in total. The highest BCUT2D eigenvalue weighted by Crippen LogP contribution is 2.27. The molecule has 2 N–H and O–H groups in total. The van der Waals surface area contributed by atoms with Crippen LogP contribution in [0.5, 0.6) is 5.75 Å². The summed E-state index contributed by atoms with van der Waals surface area (Å²) in [6, 6.07) is 4.96. The Labute approximate surface area is 87.8 Å². The second kappa shape index (κ2) is 5.17. The van der Waals surface area contributed by atoms with Crippen molar-refractivity contribution in [3.63, 3.8) is 0 Å². The summed E-state index contributed by atoms with van der Waals surface area (Å²) in [5.74, 6) is 0.599. The van der Waals surface area contributed by atoms with Crippen molar-refractivity contribution in [2.24, 2.45) is 5.73 Å². The van der Waals surface area contributed by atoms with Gasteiger partial charge in [0.25, 0.3) is 0 Å². The lowest BCUT2D eigenvalue weighted by molar-refractivity contribution is 0.270. The van der Waals surface area contributed by atoms with E-state index >= 15 is 0 Å². The molecule has 0 aliphatic heterocycles. The quantitative estimate of drug-likeness (QED) is 0.842. The molecule has 0 aliphatic rings. The predicted octanol–water partition coefficient (Wildman–Crippen LogP) is 2.71. The molecule has 1 atom stereocenters. The average molecular weight is 218 g/mol. The second-order valence-electron chi connectivity index (χ2n) is 3.01. The summed E-state index contributed by atoms with van der Waals surface area (Å²) < 4.78 is 17.1. The van der Waals surface area contributed by atoms with Crippen molar-refractivity contribution < 1.29 is 9.13 Å². The molecule has 0 radical (unpaired) electrons. The third kappa shape index (κ3) is 2.86. The van der Waals surface area contributed by atoms with Crippen LogP contribution in [0.15, 0.2) is 18.2 Å². The van der Waals surface area contributed by atoms with Gasteiger partial charge in [0.2, 0.25) is 0 Å². The number of halogens is 2. The summed E-state index contributed by atoms with van der Waals surface area (Å²) in [6.07, 6.45) is 0. The molecule has 0 spiro atoms. The van der Waals surface area contributed by atoms with Crippen molar-refractivity contribution in [3.8, 4) is 5.75 Å². The first-order valence-electron chi connectivity index (χ1n) is 4.39. The number of rotatable bonds is 4. The van der Waals surface area contributed by atoms with E-state index in [4.69, 9.17) is 22.1 Å². The first-order valence-corrected chi connectivity index (χ1v) is 4.76. The molecular formula is C10H13ClFNO. The van der Waals surface area contributed by atoms with E-state index in [1.54, 1.807) is 18.2 Å². The Morgan fingerprint density at radius 2 is 2.29 bits per heavy atom. The molecule has 1 aromatic carbocycles. The van der Waals surface area contributed by atoms with Crippen LogP contribution in [0.4, 0.5) is 4.39 Å². The Morgan fingerprint density at radius 3 is 2.86 bits per heavy atom. The topological polar surface area (TPSA) is 35.2 Å². The molecule has 0 bridgehead atoms. The molecule has 0 heterocycles. The highest BCUT2D eigenvalue weighted by Gasteiger charge is 2.08. The molecule has 14 heavy (non-hydrogen) atoms. The fourth-order valence-electron chi connectivity index (χ4n) is 1.16. The summed E-state index contributed by atoms with van der Waals surface area (Å²) in [5, 5.41) is 0.602. The minimum absolute atomic E-state index is 0.0430. The fraction of sp³-hybridized carbons (Fsp3) is 0.400. The van der Waals surface area contributed by atoms with E-state index in [-0.39, 0.29) is 12.6 Å². The maximum atomic E-state index is 11.9. The Bertz CT molecular complexity index is 304. The predicted molar refractivity (Wildman–Crippen MR) is 55.5 cm³/mol. The second-order valence-corrected chi connectivity index (χ2v) is 3.44. The van der Waals surface area contributed by atoms with E-state index < -0.39 is 6.67 Å². The smallest absolute Gasteiger partial charge is 0.124 e. The molecule has 0 unspecified atom stereocenters. The van der Waals surface area contributed by atoms with Crippen LogP contribution in [0.2, 0.25) is 5.02 Å². The minimum Gasteiger partial charge on any atom is -0.491 e. The minimum atomic E-state index is -0.513. The van der Waals surface area contributed by atoms with Gasteiger partial charge >= 0.3 is 0 Å². The number of alkyl halides is 1. The van der Waals surface area contributed by atoms with Crippen LogP contribution in [0.25, 0.3) is 0 Å². The molecule has 78 valence electrons. The van der Waals surface area contributed by atoms with Crippen LogP contribution in [-0.2, 0) is 0 Å². The standard InChI is InChI=1S/C10H13ClFNO/c1-7(13)9-6-8(11)2-3-10(9)14-5-4-12/h2-3,6-7H,4-5,13H2,1H3/t7-/m0/s1. The van der Waals surface area contributed by atoms with Gasteiger partial charge in [-0.15, -0.1) is 0 Å². The zero-order valence-electron chi connectivity index (χ0n) is 7.97. The molecular weight excluding hydrogens is 205 g/mol. The van der Waals surface area contributed by atoms with Crippen molar-refractivity contribution in [2.75, 3.05) is 13.3 Å². The van der Waals surface area contributed by atoms with Gasteiger partial charge in [-0.25, -0.2) is 4.39 Å². The zero-order valence-corrected chi connectivity index (χ0v) is 8.72. The number of hydrogen-bond donors (Lipinski definition) is 1. The van der Waals surface area contributed by atoms with Gasteiger partial charge in [-0.3, -0.25) is 0 Å². The normalized spacial score (nSPS) is 12.6. The Hall–Kier alpha value is -0.800. The van der Waals surface area contributed by atoms with E-state index in [2.05, 4.69) is 0 Å². The highest BCUT2D eigenvalue weighted by molar-refractivity contribution is 6.30. The third-order valence-electron chi connectivity index (χ3n) is 1.80. The van der Waals surface area contributed by atoms with Gasteiger partial charge in [0.15, 0.2) is 0 Å². The molecule has 0 saturated carbocycles. The maximum absolute atomic E-state index is 11.9. The van der Waals surface area contributed by atoms with Gasteiger partial charge in [0, 0.05) is 16.6 Å². The van der Waals surface area contributed by atoms with Gasteiger partial charge in [0.1, 0.15) is 19.0 Å². The lowest BCUT2D eigenvalue weighted by atomic mass is 10.1. The van der Waals surface area contributed by atoms with Crippen LogP contribution in [-0.4, -0.2) is 13.3 Å². The number of hydrogen-bond acceptors (Lipinski definition) is 2. The number of ether oxygens (including phenoxy) is 1. The van der Waals surface area contributed by atoms with Crippen molar-refractivity contribution >= 4 is 11.6 Å². The van der Waals surface area contributed by atoms with Crippen molar-refractivity contribution in [3.05, 3.63) is 28.8 Å². The summed E-state index contributed by atoms with van der Waals surface area (Å²) in [4.78, 5) is 0. The summed E-state index contributed by atoms with van der Waals surface area (Å²) in [6.45, 7) is 1.36. The van der Waals surface area contributed by atoms with E-state index in [0.29, 0.717) is 10.8 Å². The summed E-state index contributed by atoms with van der Waals surface area (Å²) in [5.41, 5.74) is 6.52. The molecule has 1 aromatic rings. The van der Waals surface area contributed by atoms with E-state index in [1.807, 2.05) is 6.92 Å². The molecule has 0 amide bonds. The van der Waals surface area contributed by atoms with Crippen molar-refractivity contribution in [1.29, 1.82) is 0 Å². The molecule has 4 heteroatoms. The van der Waals surface area contributed by atoms with Crippen LogP contribution in [0.3, 0.4) is 0 Å². The Morgan fingerprint density at radius 1 is 1.57 bits per heavy atom. The third-order valence-corrected chi connectivity index (χ3v) is 2.03. The van der Waals surface area contributed by atoms with Crippen molar-refractivity contribution in [2.45, 2.75) is 13.0 Å². The van der Waals surface area contributed by atoms with Crippen LogP contribution in [0, 0.1) is 0 Å². The number of nitrogens with two attached hydrogens (primary N) is 1. The van der Waals surface area contributed by atoms with Gasteiger partial charge in [-0.05, 0) is 25.1 Å². The van der Waals surface area contributed by atoms with Crippen LogP contribution < -0.4 is 10.5 Å². The Balaban J connectivity index is 2.90. The van der Waals surface area contributed by atoms with Gasteiger partial charge in [-0.2, -0.15) is 0 Å². The molecule has 0 aromatic heterocycles. The molecule has 0 saturated heterocycles. The Kier molecular flexibility index (Phi) is 4.17. The summed E-state index contributed by atoms with van der Waals surface area (Å²) in [7, 11) is 0. The summed E-state index contributed by atoms with van der Waals surface area (Å²) >= 11 is 5.81. The van der Waals surface area contributed by atoms with Crippen LogP contribution in [0.1, 0.15) is 18.5 Å². The van der Waals surface area contributed by atoms with E-state index in [9.17, 15) is 4.39 Å². The lowest BCUT2D eigenvalue weighted by Crippen LogP contribution is -2.09. The van der Waals surface area contributed by atoms with Gasteiger partial charge in [0.05, 0.1) is 0 Å². The average Bonchev–Trinajstić information content (AvgIpc) is 2.15. The van der Waals surface area contributed by atoms with Gasteiger partial charge in [-0.1, -0.05) is 11.6 Å². The fourth-order valence-corrected chi connectivity index (χ4v) is 1.34. The maximum Gasteiger partial charge on any atom is 0.124 e. The first-order chi connectivity index (χ1) is 6.65. The van der Waals surface area contributed by atoms with Crippen LogP contribution >= 0.6 is 11.6 Å². The van der Waals surface area contributed by atoms with E-state index in [0.717, 1.165) is 5.56 Å². The number of benzene rings is 1.